The van der Waals surface area contributed by atoms with Crippen molar-refractivity contribution in [2.75, 3.05) is 32.4 Å². The van der Waals surface area contributed by atoms with Crippen LogP contribution in [0.2, 0.25) is 0 Å². The summed E-state index contributed by atoms with van der Waals surface area (Å²) < 4.78 is 5.01. The first-order valence-electron chi connectivity index (χ1n) is 16.9. The molecule has 1 unspecified atom stereocenters. The van der Waals surface area contributed by atoms with E-state index in [-0.39, 0.29) is 16.9 Å². The van der Waals surface area contributed by atoms with E-state index in [1.165, 1.54) is 4.52 Å². The van der Waals surface area contributed by atoms with E-state index in [9.17, 15) is 9.59 Å². The number of hydrogen-bond donors (Lipinski definition) is 3. The number of carbonyl (C=O) groups excluding carboxylic acids is 1. The van der Waals surface area contributed by atoms with Crippen molar-refractivity contribution in [1.82, 2.24) is 44.5 Å². The van der Waals surface area contributed by atoms with Gasteiger partial charge in [0, 0.05) is 55.4 Å². The average Bonchev–Trinajstić information content (AvgIpc) is 3.67. The van der Waals surface area contributed by atoms with Gasteiger partial charge < -0.3 is 21.3 Å². The molecule has 7 rings (SSSR count). The van der Waals surface area contributed by atoms with Gasteiger partial charge in [-0.05, 0) is 75.6 Å². The van der Waals surface area contributed by atoms with Crippen LogP contribution in [-0.2, 0) is 13.5 Å². The predicted molar refractivity (Wildman–Crippen MR) is 194 cm³/mol. The second kappa shape index (κ2) is 14.0. The van der Waals surface area contributed by atoms with Gasteiger partial charge in [-0.1, -0.05) is 42.2 Å². The van der Waals surface area contributed by atoms with Crippen LogP contribution in [0.25, 0.3) is 22.1 Å². The molecule has 0 aliphatic carbocycles. The lowest BCUT2D eigenvalue weighted by Crippen LogP contribution is -2.42. The van der Waals surface area contributed by atoms with Gasteiger partial charge in [-0.25, -0.2) is 9.50 Å². The summed E-state index contributed by atoms with van der Waals surface area (Å²) in [6.45, 7) is 4.93. The van der Waals surface area contributed by atoms with Gasteiger partial charge in [-0.3, -0.25) is 18.8 Å². The van der Waals surface area contributed by atoms with E-state index in [0.29, 0.717) is 34.0 Å². The number of carbonyl (C=O) groups is 1. The standard InChI is InChI=1S/C38H40N10O2/c1-25(43-37(49)34-35(39)44-47-19-8-18-41-36(34)47)32-23-27-10-7-9-26(33(27)38(50)48(32)30-11-5-4-6-12-30)13-14-28-24-42-45(3)31(28)17-22-46-20-15-29(40-2)16-21-46/h4-12,18-19,23-25,29,40H,15-17,20-22H2,1-3H3,(H2,39,44)(H,43,49). The van der Waals surface area contributed by atoms with E-state index in [1.807, 2.05) is 80.3 Å². The van der Waals surface area contributed by atoms with Crippen molar-refractivity contribution in [3.05, 3.63) is 118 Å². The fourth-order valence-electron chi connectivity index (χ4n) is 6.82. The molecule has 4 N–H and O–H groups in total. The van der Waals surface area contributed by atoms with Crippen LogP contribution in [-0.4, -0.2) is 72.5 Å². The minimum absolute atomic E-state index is 0.0708. The Morgan fingerprint density at radius 3 is 2.62 bits per heavy atom. The first-order valence-corrected chi connectivity index (χ1v) is 16.9. The number of fused-ring (bicyclic) bond motifs is 2. The molecule has 254 valence electrons. The number of likely N-dealkylation sites (tertiary alicyclic amines) is 1. The molecule has 12 nitrogen and oxygen atoms in total. The molecule has 1 saturated heterocycles. The molecule has 4 aromatic heterocycles. The summed E-state index contributed by atoms with van der Waals surface area (Å²) in [6, 6.07) is 18.7. The number of nitrogens with one attached hydrogen (secondary N) is 2. The lowest BCUT2D eigenvalue weighted by atomic mass is 10.0. The highest BCUT2D eigenvalue weighted by atomic mass is 16.2. The number of aromatic nitrogens is 6. The van der Waals surface area contributed by atoms with E-state index in [4.69, 9.17) is 5.73 Å². The van der Waals surface area contributed by atoms with Crippen molar-refractivity contribution in [1.29, 1.82) is 0 Å². The Morgan fingerprint density at radius 2 is 1.84 bits per heavy atom. The molecule has 2 aromatic carbocycles. The van der Waals surface area contributed by atoms with Crippen molar-refractivity contribution in [2.45, 2.75) is 38.3 Å². The summed E-state index contributed by atoms with van der Waals surface area (Å²) in [5.74, 6) is 6.28. The molecule has 0 saturated carbocycles. The molecule has 6 aromatic rings. The number of benzene rings is 2. The van der Waals surface area contributed by atoms with Gasteiger partial charge in [0.15, 0.2) is 11.5 Å². The molecule has 1 amide bonds. The number of para-hydroxylation sites is 1. The number of nitrogens with zero attached hydrogens (tertiary/aromatic N) is 7. The Hall–Kier alpha value is -5.77. The third-order valence-corrected chi connectivity index (χ3v) is 9.58. The summed E-state index contributed by atoms with van der Waals surface area (Å²) in [4.78, 5) is 34.9. The molecule has 12 heteroatoms. The average molecular weight is 669 g/mol. The van der Waals surface area contributed by atoms with Crippen LogP contribution >= 0.6 is 0 Å². The predicted octanol–water partition coefficient (Wildman–Crippen LogP) is 3.47. The highest BCUT2D eigenvalue weighted by Crippen LogP contribution is 2.25. The maximum atomic E-state index is 14.5. The molecule has 1 atom stereocenters. The van der Waals surface area contributed by atoms with Gasteiger partial charge in [0.05, 0.1) is 28.9 Å². The Bertz CT molecular complexity index is 2300. The second-order valence-corrected chi connectivity index (χ2v) is 12.7. The van der Waals surface area contributed by atoms with Crippen LogP contribution in [0.4, 0.5) is 5.82 Å². The van der Waals surface area contributed by atoms with E-state index < -0.39 is 11.9 Å². The number of nitrogens with two attached hydrogens (primary N) is 1. The van der Waals surface area contributed by atoms with Crippen molar-refractivity contribution in [3.8, 4) is 17.5 Å². The Kier molecular flexibility index (Phi) is 9.17. The topological polar surface area (TPSA) is 140 Å². The van der Waals surface area contributed by atoms with Gasteiger partial charge >= 0.3 is 0 Å². The number of rotatable bonds is 8. The fraction of sp³-hybridized carbons (Fsp3) is 0.289. The number of hydrogen-bond acceptors (Lipinski definition) is 8. The third kappa shape index (κ3) is 6.36. The fourth-order valence-corrected chi connectivity index (χ4v) is 6.82. The van der Waals surface area contributed by atoms with Crippen LogP contribution in [0.1, 0.15) is 58.7 Å². The summed E-state index contributed by atoms with van der Waals surface area (Å²) in [5, 5.41) is 16.4. The number of pyridine rings is 1. The number of piperidine rings is 1. The quantitative estimate of drug-likeness (QED) is 0.210. The van der Waals surface area contributed by atoms with Crippen LogP contribution in [0, 0.1) is 11.8 Å². The maximum Gasteiger partial charge on any atom is 0.264 e. The number of nitrogen functional groups attached to an aromatic ring is 1. The zero-order chi connectivity index (χ0) is 34.8. The molecule has 50 heavy (non-hydrogen) atoms. The zero-order valence-corrected chi connectivity index (χ0v) is 28.4. The number of aryl methyl sites for hydroxylation is 1. The molecular weight excluding hydrogens is 628 g/mol. The van der Waals surface area contributed by atoms with Crippen LogP contribution < -0.4 is 21.9 Å². The lowest BCUT2D eigenvalue weighted by molar-refractivity contribution is 0.0941. The highest BCUT2D eigenvalue weighted by molar-refractivity contribution is 6.04. The lowest BCUT2D eigenvalue weighted by Gasteiger charge is -2.31. The highest BCUT2D eigenvalue weighted by Gasteiger charge is 2.24. The first kappa shape index (κ1) is 32.8. The largest absolute Gasteiger partial charge is 0.381 e. The van der Waals surface area contributed by atoms with E-state index in [0.717, 1.165) is 55.5 Å². The van der Waals surface area contributed by atoms with E-state index in [2.05, 4.69) is 42.6 Å². The van der Waals surface area contributed by atoms with E-state index >= 15 is 0 Å². The summed E-state index contributed by atoms with van der Waals surface area (Å²) in [7, 11) is 3.99. The Balaban J connectivity index is 1.23. The summed E-state index contributed by atoms with van der Waals surface area (Å²) >= 11 is 0. The minimum Gasteiger partial charge on any atom is -0.381 e. The molecule has 5 heterocycles. The first-order chi connectivity index (χ1) is 24.3. The zero-order valence-electron chi connectivity index (χ0n) is 28.4. The maximum absolute atomic E-state index is 14.5. The van der Waals surface area contributed by atoms with Crippen LogP contribution in [0.3, 0.4) is 0 Å². The Labute approximate surface area is 289 Å². The van der Waals surface area contributed by atoms with Crippen molar-refractivity contribution in [2.24, 2.45) is 7.05 Å². The Morgan fingerprint density at radius 1 is 1.06 bits per heavy atom. The summed E-state index contributed by atoms with van der Waals surface area (Å²) in [6.07, 6.45) is 8.20. The van der Waals surface area contributed by atoms with Gasteiger partial charge in [0.25, 0.3) is 11.5 Å². The number of amides is 1. The SMILES string of the molecule is CNC1CCN(CCc2c(C#Cc3cccc4cc(C(C)NC(=O)c5c(N)nn6cccnc56)n(-c5ccccc5)c(=O)c34)cnn2C)CC1. The molecule has 1 fully saturated rings. The molecule has 0 radical (unpaired) electrons. The van der Waals surface area contributed by atoms with Crippen molar-refractivity contribution in [3.63, 3.8) is 0 Å². The van der Waals surface area contributed by atoms with Gasteiger partial charge in [-0.2, -0.15) is 5.10 Å². The normalized spacial score (nSPS) is 14.5. The van der Waals surface area contributed by atoms with Crippen molar-refractivity contribution < 1.29 is 4.79 Å². The van der Waals surface area contributed by atoms with Crippen molar-refractivity contribution >= 4 is 28.1 Å². The molecule has 1 aliphatic rings. The summed E-state index contributed by atoms with van der Waals surface area (Å²) in [5.41, 5.74) is 10.2. The van der Waals surface area contributed by atoms with Gasteiger partial charge in [0.2, 0.25) is 0 Å². The van der Waals surface area contributed by atoms with Gasteiger partial charge in [0.1, 0.15) is 5.56 Å². The monoisotopic (exact) mass is 668 g/mol. The van der Waals surface area contributed by atoms with Crippen LogP contribution in [0.5, 0.6) is 0 Å². The van der Waals surface area contributed by atoms with E-state index in [1.54, 1.807) is 29.2 Å². The molecule has 1 aliphatic heterocycles. The smallest absolute Gasteiger partial charge is 0.264 e. The molecule has 0 bridgehead atoms. The second-order valence-electron chi connectivity index (χ2n) is 12.7. The van der Waals surface area contributed by atoms with Crippen LogP contribution in [0.15, 0.2) is 84.0 Å². The third-order valence-electron chi connectivity index (χ3n) is 9.58. The van der Waals surface area contributed by atoms with Gasteiger partial charge in [-0.15, -0.1) is 5.10 Å². The minimum atomic E-state index is -0.588. The molecule has 0 spiro atoms. The molecular formula is C38H40N10O2. The number of anilines is 1.